The Kier molecular flexibility index (Phi) is 10.5. The van der Waals surface area contributed by atoms with E-state index in [1.165, 1.54) is 0 Å². The number of pyridine rings is 1. The Morgan fingerprint density at radius 2 is 1.91 bits per heavy atom. The number of fused-ring (bicyclic) bond motifs is 1. The third-order valence-corrected chi connectivity index (χ3v) is 7.64. The van der Waals surface area contributed by atoms with Gasteiger partial charge >= 0.3 is 5.97 Å². The SMILES string of the molecule is CCOC(=O)c1cc2cc(OCCOC)ncc2n1CCOC1CCCC(OCc2nc(-c3cccc(C)c3)oc2C)C1. The van der Waals surface area contributed by atoms with E-state index in [4.69, 9.17) is 33.1 Å². The normalized spacial score (nSPS) is 16.9. The minimum absolute atomic E-state index is 0.0757. The summed E-state index contributed by atoms with van der Waals surface area (Å²) in [6.07, 6.45) is 5.67. The molecule has 10 nitrogen and oxygen atoms in total. The standard InChI is InChI=1S/C33H41N3O7/c1-5-39-33(37)29-17-25-18-31(41-15-14-38-4)34-20-30(25)36(29)12-13-40-26-10-7-11-27(19-26)42-21-28-23(3)43-32(35-28)24-9-6-8-22(2)16-24/h6,8-9,16-18,20,26-27H,5,7,10-15,19,21H2,1-4H3. The summed E-state index contributed by atoms with van der Waals surface area (Å²) in [5.41, 5.74) is 4.24. The van der Waals surface area contributed by atoms with Crippen LogP contribution in [0.1, 0.15) is 60.1 Å². The highest BCUT2D eigenvalue weighted by atomic mass is 16.5. The van der Waals surface area contributed by atoms with Gasteiger partial charge in [0.1, 0.15) is 23.8 Å². The summed E-state index contributed by atoms with van der Waals surface area (Å²) >= 11 is 0. The summed E-state index contributed by atoms with van der Waals surface area (Å²) in [6, 6.07) is 11.8. The van der Waals surface area contributed by atoms with E-state index in [0.717, 1.165) is 59.2 Å². The Labute approximate surface area is 252 Å². The lowest BCUT2D eigenvalue weighted by Crippen LogP contribution is -2.29. The van der Waals surface area contributed by atoms with Gasteiger partial charge in [-0.15, -0.1) is 0 Å². The van der Waals surface area contributed by atoms with Gasteiger partial charge in [0.15, 0.2) is 0 Å². The van der Waals surface area contributed by atoms with Crippen LogP contribution in [0, 0.1) is 13.8 Å². The van der Waals surface area contributed by atoms with Crippen LogP contribution < -0.4 is 4.74 Å². The Bertz CT molecular complexity index is 1510. The molecular weight excluding hydrogens is 550 g/mol. The second-order valence-corrected chi connectivity index (χ2v) is 10.8. The molecule has 1 saturated carbocycles. The minimum Gasteiger partial charge on any atom is -0.475 e. The fourth-order valence-electron chi connectivity index (χ4n) is 5.44. The van der Waals surface area contributed by atoms with Crippen molar-refractivity contribution in [3.63, 3.8) is 0 Å². The van der Waals surface area contributed by atoms with Crippen molar-refractivity contribution in [3.8, 4) is 17.3 Å². The van der Waals surface area contributed by atoms with Crippen LogP contribution >= 0.6 is 0 Å². The third kappa shape index (κ3) is 7.81. The fraction of sp³-hybridized carbons (Fsp3) is 0.485. The van der Waals surface area contributed by atoms with Gasteiger partial charge in [-0.3, -0.25) is 0 Å². The van der Waals surface area contributed by atoms with Gasteiger partial charge in [-0.2, -0.15) is 0 Å². The van der Waals surface area contributed by atoms with Crippen molar-refractivity contribution in [2.75, 3.05) is 33.5 Å². The van der Waals surface area contributed by atoms with Crippen molar-refractivity contribution in [3.05, 3.63) is 65.3 Å². The molecule has 0 amide bonds. The van der Waals surface area contributed by atoms with Gasteiger partial charge in [-0.05, 0) is 64.7 Å². The topological polar surface area (TPSA) is 107 Å². The number of ether oxygens (including phenoxy) is 5. The van der Waals surface area contributed by atoms with Crippen LogP contribution in [0.25, 0.3) is 22.4 Å². The molecule has 230 valence electrons. The summed E-state index contributed by atoms with van der Waals surface area (Å²) in [5, 5.41) is 0.852. The maximum absolute atomic E-state index is 12.8. The van der Waals surface area contributed by atoms with Crippen LogP contribution in [-0.4, -0.2) is 66.2 Å². The Morgan fingerprint density at radius 1 is 1.07 bits per heavy atom. The number of hydrogen-bond acceptors (Lipinski definition) is 9. The number of hydrogen-bond donors (Lipinski definition) is 0. The first-order valence-electron chi connectivity index (χ1n) is 15.0. The summed E-state index contributed by atoms with van der Waals surface area (Å²) < 4.78 is 36.5. The van der Waals surface area contributed by atoms with Gasteiger partial charge in [-0.25, -0.2) is 14.8 Å². The Balaban J connectivity index is 1.17. The predicted molar refractivity (Wildman–Crippen MR) is 161 cm³/mol. The predicted octanol–water partition coefficient (Wildman–Crippen LogP) is 6.05. The Morgan fingerprint density at radius 3 is 2.70 bits per heavy atom. The van der Waals surface area contributed by atoms with E-state index in [-0.39, 0.29) is 18.2 Å². The van der Waals surface area contributed by atoms with Crippen molar-refractivity contribution in [2.24, 2.45) is 0 Å². The molecule has 2 atom stereocenters. The maximum atomic E-state index is 12.8. The highest BCUT2D eigenvalue weighted by Crippen LogP contribution is 2.28. The van der Waals surface area contributed by atoms with Gasteiger partial charge < -0.3 is 32.7 Å². The van der Waals surface area contributed by atoms with Crippen LogP contribution in [-0.2, 0) is 32.1 Å². The van der Waals surface area contributed by atoms with Crippen LogP contribution in [0.3, 0.4) is 0 Å². The second-order valence-electron chi connectivity index (χ2n) is 10.8. The van der Waals surface area contributed by atoms with Crippen molar-refractivity contribution in [1.82, 2.24) is 14.5 Å². The summed E-state index contributed by atoms with van der Waals surface area (Å²) in [4.78, 5) is 21.9. The van der Waals surface area contributed by atoms with Crippen molar-refractivity contribution in [2.45, 2.75) is 71.8 Å². The molecule has 0 bridgehead atoms. The molecule has 3 aromatic heterocycles. The van der Waals surface area contributed by atoms with E-state index in [2.05, 4.69) is 24.0 Å². The number of carbonyl (C=O) groups is 1. The molecule has 1 aliphatic carbocycles. The molecule has 0 N–H and O–H groups in total. The molecule has 5 rings (SSSR count). The molecule has 1 fully saturated rings. The average Bonchev–Trinajstić information content (AvgIpc) is 3.56. The third-order valence-electron chi connectivity index (χ3n) is 7.64. The van der Waals surface area contributed by atoms with Gasteiger partial charge in [0.05, 0.1) is 50.3 Å². The molecule has 1 aliphatic rings. The van der Waals surface area contributed by atoms with Crippen molar-refractivity contribution >= 4 is 16.9 Å². The van der Waals surface area contributed by atoms with E-state index < -0.39 is 0 Å². The van der Waals surface area contributed by atoms with E-state index in [1.807, 2.05) is 35.8 Å². The lowest BCUT2D eigenvalue weighted by molar-refractivity contribution is -0.0523. The number of carbonyl (C=O) groups excluding carboxylic acids is 1. The molecule has 0 spiro atoms. The fourth-order valence-corrected chi connectivity index (χ4v) is 5.44. The number of methoxy groups -OCH3 is 1. The van der Waals surface area contributed by atoms with Gasteiger partial charge in [0.2, 0.25) is 11.8 Å². The largest absolute Gasteiger partial charge is 0.475 e. The molecule has 3 heterocycles. The second kappa shape index (κ2) is 14.6. The number of aryl methyl sites for hydroxylation is 2. The number of benzene rings is 1. The first-order valence-corrected chi connectivity index (χ1v) is 15.0. The first-order chi connectivity index (χ1) is 20.9. The average molecular weight is 592 g/mol. The number of oxazole rings is 1. The maximum Gasteiger partial charge on any atom is 0.354 e. The van der Waals surface area contributed by atoms with Crippen molar-refractivity contribution in [1.29, 1.82) is 0 Å². The summed E-state index contributed by atoms with van der Waals surface area (Å²) in [7, 11) is 1.62. The highest BCUT2D eigenvalue weighted by Gasteiger charge is 2.25. The zero-order valence-electron chi connectivity index (χ0n) is 25.5. The molecular formula is C33H41N3O7. The zero-order chi connectivity index (χ0) is 30.2. The van der Waals surface area contributed by atoms with Crippen LogP contribution in [0.2, 0.25) is 0 Å². The molecule has 4 aromatic rings. The number of nitrogens with zero attached hydrogens (tertiary/aromatic N) is 3. The van der Waals surface area contributed by atoms with E-state index in [0.29, 0.717) is 57.0 Å². The van der Waals surface area contributed by atoms with Crippen LogP contribution in [0.4, 0.5) is 0 Å². The first kappa shape index (κ1) is 30.7. The van der Waals surface area contributed by atoms with E-state index in [1.54, 1.807) is 20.2 Å². The lowest BCUT2D eigenvalue weighted by atomic mass is 9.95. The number of esters is 1. The minimum atomic E-state index is -0.375. The molecule has 43 heavy (non-hydrogen) atoms. The van der Waals surface area contributed by atoms with E-state index >= 15 is 0 Å². The molecule has 10 heteroatoms. The van der Waals surface area contributed by atoms with Crippen LogP contribution in [0.15, 0.2) is 47.0 Å². The van der Waals surface area contributed by atoms with E-state index in [9.17, 15) is 4.79 Å². The summed E-state index contributed by atoms with van der Waals surface area (Å²) in [6.45, 7) is 8.28. The highest BCUT2D eigenvalue weighted by molar-refractivity contribution is 5.95. The lowest BCUT2D eigenvalue weighted by Gasteiger charge is -2.29. The zero-order valence-corrected chi connectivity index (χ0v) is 25.5. The molecule has 0 aliphatic heterocycles. The monoisotopic (exact) mass is 591 g/mol. The van der Waals surface area contributed by atoms with Gasteiger partial charge in [0, 0.05) is 30.7 Å². The van der Waals surface area contributed by atoms with Crippen molar-refractivity contribution < 1.29 is 32.9 Å². The number of rotatable bonds is 14. The number of aromatic nitrogens is 3. The van der Waals surface area contributed by atoms with Gasteiger partial charge in [-0.1, -0.05) is 17.7 Å². The quantitative estimate of drug-likeness (QED) is 0.128. The molecule has 0 saturated heterocycles. The summed E-state index contributed by atoms with van der Waals surface area (Å²) in [5.74, 6) is 1.50. The van der Waals surface area contributed by atoms with Crippen LogP contribution in [0.5, 0.6) is 5.88 Å². The Hall–Kier alpha value is -3.73. The van der Waals surface area contributed by atoms with Gasteiger partial charge in [0.25, 0.3) is 0 Å². The molecule has 0 radical (unpaired) electrons. The molecule has 1 aromatic carbocycles. The molecule has 2 unspecified atom stereocenters. The smallest absolute Gasteiger partial charge is 0.354 e.